The summed E-state index contributed by atoms with van der Waals surface area (Å²) >= 11 is 0. The summed E-state index contributed by atoms with van der Waals surface area (Å²) in [5.41, 5.74) is 1.91. The van der Waals surface area contributed by atoms with Crippen LogP contribution in [0.25, 0.3) is 0 Å². The number of aryl methyl sites for hydroxylation is 1. The number of nitrogens with zero attached hydrogens (tertiary/aromatic N) is 1. The van der Waals surface area contributed by atoms with Crippen LogP contribution in [-0.4, -0.2) is 37.8 Å². The standard InChI is InChI=1S/C24H32N2O4S/c1-18(2)30-22-10-8-9-20(15-22)17-25-24(27)21-12-11-19(3)23(16-21)31(28,29)26-13-6-4-5-7-14-26/h8-12,15-16,18H,4-7,13-14,17H2,1-3H3,(H,25,27). The molecule has 0 radical (unpaired) electrons. The third-order valence-electron chi connectivity index (χ3n) is 5.36. The fourth-order valence-corrected chi connectivity index (χ4v) is 5.49. The van der Waals surface area contributed by atoms with Gasteiger partial charge in [0.1, 0.15) is 5.75 Å². The number of benzene rings is 2. The highest BCUT2D eigenvalue weighted by Crippen LogP contribution is 2.24. The monoisotopic (exact) mass is 444 g/mol. The van der Waals surface area contributed by atoms with Gasteiger partial charge in [0.15, 0.2) is 0 Å². The molecule has 168 valence electrons. The predicted molar refractivity (Wildman–Crippen MR) is 122 cm³/mol. The molecule has 0 aliphatic carbocycles. The van der Waals surface area contributed by atoms with Crippen molar-refractivity contribution in [3.8, 4) is 5.75 Å². The van der Waals surface area contributed by atoms with E-state index in [2.05, 4.69) is 5.32 Å². The lowest BCUT2D eigenvalue weighted by Crippen LogP contribution is -2.32. The van der Waals surface area contributed by atoms with E-state index in [0.717, 1.165) is 37.0 Å². The van der Waals surface area contributed by atoms with Crippen LogP contribution in [0, 0.1) is 6.92 Å². The highest BCUT2D eigenvalue weighted by Gasteiger charge is 2.27. The van der Waals surface area contributed by atoms with Crippen LogP contribution in [0.1, 0.15) is 61.0 Å². The lowest BCUT2D eigenvalue weighted by molar-refractivity contribution is 0.0950. The van der Waals surface area contributed by atoms with Crippen LogP contribution in [-0.2, 0) is 16.6 Å². The lowest BCUT2D eigenvalue weighted by Gasteiger charge is -2.21. The molecule has 1 amide bonds. The van der Waals surface area contributed by atoms with E-state index < -0.39 is 10.0 Å². The quantitative estimate of drug-likeness (QED) is 0.692. The molecule has 1 aliphatic heterocycles. The fourth-order valence-electron chi connectivity index (χ4n) is 3.73. The maximum atomic E-state index is 13.2. The van der Waals surface area contributed by atoms with Crippen LogP contribution in [0.5, 0.6) is 5.75 Å². The minimum Gasteiger partial charge on any atom is -0.491 e. The average Bonchev–Trinajstić information content (AvgIpc) is 3.02. The van der Waals surface area contributed by atoms with Gasteiger partial charge in [0.05, 0.1) is 11.0 Å². The number of amides is 1. The molecule has 1 saturated heterocycles. The van der Waals surface area contributed by atoms with Crippen LogP contribution in [0.15, 0.2) is 47.4 Å². The number of sulfonamides is 1. The second-order valence-corrected chi connectivity index (χ2v) is 10.2. The van der Waals surface area contributed by atoms with E-state index in [1.165, 1.54) is 6.07 Å². The molecular weight excluding hydrogens is 412 g/mol. The Kier molecular flexibility index (Phi) is 7.73. The van der Waals surface area contributed by atoms with Crippen LogP contribution in [0.4, 0.5) is 0 Å². The van der Waals surface area contributed by atoms with Gasteiger partial charge in [-0.25, -0.2) is 8.42 Å². The van der Waals surface area contributed by atoms with E-state index in [-0.39, 0.29) is 16.9 Å². The lowest BCUT2D eigenvalue weighted by atomic mass is 10.1. The van der Waals surface area contributed by atoms with Gasteiger partial charge < -0.3 is 10.1 Å². The van der Waals surface area contributed by atoms with Crippen molar-refractivity contribution in [1.82, 2.24) is 9.62 Å². The first-order valence-electron chi connectivity index (χ1n) is 10.9. The van der Waals surface area contributed by atoms with Crippen molar-refractivity contribution in [3.05, 3.63) is 59.2 Å². The Morgan fingerprint density at radius 2 is 1.77 bits per heavy atom. The van der Waals surface area contributed by atoms with Crippen LogP contribution < -0.4 is 10.1 Å². The van der Waals surface area contributed by atoms with Gasteiger partial charge in [-0.05, 0) is 69.0 Å². The zero-order chi connectivity index (χ0) is 22.4. The normalized spacial score (nSPS) is 15.5. The third-order valence-corrected chi connectivity index (χ3v) is 7.40. The molecule has 0 bridgehead atoms. The van der Waals surface area contributed by atoms with E-state index in [1.54, 1.807) is 23.4 Å². The molecule has 2 aromatic rings. The Morgan fingerprint density at radius 1 is 1.06 bits per heavy atom. The first kappa shape index (κ1) is 23.3. The van der Waals surface area contributed by atoms with Gasteiger partial charge >= 0.3 is 0 Å². The van der Waals surface area contributed by atoms with E-state index in [1.807, 2.05) is 38.1 Å². The zero-order valence-electron chi connectivity index (χ0n) is 18.6. The third kappa shape index (κ3) is 6.08. The van der Waals surface area contributed by atoms with Gasteiger partial charge in [-0.1, -0.05) is 31.0 Å². The molecular formula is C24H32N2O4S. The van der Waals surface area contributed by atoms with Gasteiger partial charge in [0.25, 0.3) is 5.91 Å². The van der Waals surface area contributed by atoms with Crippen molar-refractivity contribution in [1.29, 1.82) is 0 Å². The van der Waals surface area contributed by atoms with E-state index in [4.69, 9.17) is 4.74 Å². The minimum atomic E-state index is -3.62. The number of carbonyl (C=O) groups excluding carboxylic acids is 1. The van der Waals surface area contributed by atoms with Crippen molar-refractivity contribution in [2.45, 2.75) is 64.0 Å². The first-order chi connectivity index (χ1) is 14.8. The summed E-state index contributed by atoms with van der Waals surface area (Å²) in [5, 5.41) is 2.88. The summed E-state index contributed by atoms with van der Waals surface area (Å²) < 4.78 is 33.7. The van der Waals surface area contributed by atoms with Crippen LogP contribution in [0.2, 0.25) is 0 Å². The Hall–Kier alpha value is -2.38. The predicted octanol–water partition coefficient (Wildman–Crippen LogP) is 4.28. The van der Waals surface area contributed by atoms with E-state index >= 15 is 0 Å². The fraction of sp³-hybridized carbons (Fsp3) is 0.458. The van der Waals surface area contributed by atoms with Crippen molar-refractivity contribution in [2.75, 3.05) is 13.1 Å². The van der Waals surface area contributed by atoms with Gasteiger partial charge in [-0.2, -0.15) is 4.31 Å². The largest absolute Gasteiger partial charge is 0.491 e. The highest BCUT2D eigenvalue weighted by atomic mass is 32.2. The minimum absolute atomic E-state index is 0.0713. The molecule has 3 rings (SSSR count). The maximum Gasteiger partial charge on any atom is 0.251 e. The van der Waals surface area contributed by atoms with E-state index in [0.29, 0.717) is 30.8 Å². The molecule has 31 heavy (non-hydrogen) atoms. The van der Waals surface area contributed by atoms with E-state index in [9.17, 15) is 13.2 Å². The molecule has 6 nitrogen and oxygen atoms in total. The molecule has 0 spiro atoms. The summed E-state index contributed by atoms with van der Waals surface area (Å²) in [5.74, 6) is 0.449. The van der Waals surface area contributed by atoms with Crippen molar-refractivity contribution >= 4 is 15.9 Å². The number of hydrogen-bond acceptors (Lipinski definition) is 4. The Balaban J connectivity index is 1.74. The number of hydrogen-bond donors (Lipinski definition) is 1. The van der Waals surface area contributed by atoms with Gasteiger partial charge in [-0.3, -0.25) is 4.79 Å². The molecule has 0 atom stereocenters. The Bertz CT molecular complexity index is 1010. The van der Waals surface area contributed by atoms with Gasteiger partial charge in [-0.15, -0.1) is 0 Å². The highest BCUT2D eigenvalue weighted by molar-refractivity contribution is 7.89. The molecule has 1 N–H and O–H groups in total. The van der Waals surface area contributed by atoms with Crippen LogP contribution in [0.3, 0.4) is 0 Å². The van der Waals surface area contributed by atoms with Crippen molar-refractivity contribution in [3.63, 3.8) is 0 Å². The summed E-state index contributed by atoms with van der Waals surface area (Å²) in [6, 6.07) is 12.5. The van der Waals surface area contributed by atoms with Crippen molar-refractivity contribution < 1.29 is 17.9 Å². The summed E-state index contributed by atoms with van der Waals surface area (Å²) in [7, 11) is -3.62. The first-order valence-corrected chi connectivity index (χ1v) is 12.4. The number of rotatable bonds is 7. The second kappa shape index (κ2) is 10.3. The Labute approximate surface area is 185 Å². The SMILES string of the molecule is Cc1ccc(C(=O)NCc2cccc(OC(C)C)c2)cc1S(=O)(=O)N1CCCCCC1. The maximum absolute atomic E-state index is 13.2. The van der Waals surface area contributed by atoms with Gasteiger partial charge in [0, 0.05) is 25.2 Å². The molecule has 1 heterocycles. The molecule has 1 fully saturated rings. The average molecular weight is 445 g/mol. The summed E-state index contributed by atoms with van der Waals surface area (Å²) in [4.78, 5) is 13.0. The topological polar surface area (TPSA) is 75.7 Å². The van der Waals surface area contributed by atoms with Gasteiger partial charge in [0.2, 0.25) is 10.0 Å². The number of ether oxygens (including phenoxy) is 1. The summed E-state index contributed by atoms with van der Waals surface area (Å²) in [6.07, 6.45) is 3.92. The molecule has 2 aromatic carbocycles. The number of carbonyl (C=O) groups is 1. The Morgan fingerprint density at radius 3 is 2.45 bits per heavy atom. The summed E-state index contributed by atoms with van der Waals surface area (Å²) in [6.45, 7) is 7.09. The molecule has 0 saturated carbocycles. The second-order valence-electron chi connectivity index (χ2n) is 8.30. The van der Waals surface area contributed by atoms with Crippen molar-refractivity contribution in [2.24, 2.45) is 0 Å². The zero-order valence-corrected chi connectivity index (χ0v) is 19.4. The smallest absolute Gasteiger partial charge is 0.251 e. The molecule has 1 aliphatic rings. The molecule has 7 heteroatoms. The number of nitrogens with one attached hydrogen (secondary N) is 1. The molecule has 0 aromatic heterocycles. The van der Waals surface area contributed by atoms with Crippen LogP contribution >= 0.6 is 0 Å². The molecule has 0 unspecified atom stereocenters.